The van der Waals surface area contributed by atoms with Gasteiger partial charge in [0.15, 0.2) is 0 Å². The zero-order chi connectivity index (χ0) is 12.8. The normalized spacial score (nSPS) is 15.6. The molecule has 0 N–H and O–H groups in total. The molecule has 92 valence electrons. The van der Waals surface area contributed by atoms with Gasteiger partial charge in [-0.15, -0.1) is 0 Å². The van der Waals surface area contributed by atoms with Crippen LogP contribution in [0.2, 0.25) is 0 Å². The fraction of sp³-hybridized carbons (Fsp3) is 0.636. The summed E-state index contributed by atoms with van der Waals surface area (Å²) in [6.45, 7) is 0.102. The molecule has 1 aliphatic heterocycles. The van der Waals surface area contributed by atoms with E-state index in [1.165, 1.54) is 4.90 Å². The minimum absolute atomic E-state index is 0.209. The van der Waals surface area contributed by atoms with Crippen LogP contribution in [0.1, 0.15) is 25.7 Å². The van der Waals surface area contributed by atoms with E-state index in [1.54, 1.807) is 7.05 Å². The van der Waals surface area contributed by atoms with Gasteiger partial charge in [0.2, 0.25) is 17.7 Å². The van der Waals surface area contributed by atoms with E-state index in [2.05, 4.69) is 0 Å². The van der Waals surface area contributed by atoms with E-state index in [-0.39, 0.29) is 30.7 Å². The Bertz CT molecular complexity index is 357. The fourth-order valence-corrected chi connectivity index (χ4v) is 1.57. The molecule has 1 saturated heterocycles. The van der Waals surface area contributed by atoms with Crippen LogP contribution in [0.5, 0.6) is 0 Å². The third kappa shape index (κ3) is 3.55. The number of hydrogen-bond acceptors (Lipinski definition) is 4. The molecule has 1 aliphatic rings. The number of piperidine rings is 1. The van der Waals surface area contributed by atoms with Gasteiger partial charge in [-0.25, -0.2) is 0 Å². The highest BCUT2D eigenvalue weighted by atomic mass is 16.2. The number of likely N-dealkylation sites (tertiary alicyclic amines) is 1. The number of nitrogens with zero attached hydrogens (tertiary/aromatic N) is 3. The van der Waals surface area contributed by atoms with E-state index in [9.17, 15) is 14.4 Å². The van der Waals surface area contributed by atoms with Gasteiger partial charge in [0.25, 0.3) is 0 Å². The van der Waals surface area contributed by atoms with Gasteiger partial charge in [-0.05, 0) is 6.42 Å². The molecular weight excluding hydrogens is 222 g/mol. The summed E-state index contributed by atoms with van der Waals surface area (Å²) >= 11 is 0. The Balaban J connectivity index is 2.52. The Hall–Kier alpha value is -1.90. The summed E-state index contributed by atoms with van der Waals surface area (Å²) in [5.41, 5.74) is 0. The highest BCUT2D eigenvalue weighted by molar-refractivity contribution is 6.00. The van der Waals surface area contributed by atoms with Crippen molar-refractivity contribution in [2.75, 3.05) is 20.1 Å². The summed E-state index contributed by atoms with van der Waals surface area (Å²) < 4.78 is 0. The number of amides is 3. The largest absolute Gasteiger partial charge is 0.343 e. The van der Waals surface area contributed by atoms with E-state index in [4.69, 9.17) is 5.26 Å². The van der Waals surface area contributed by atoms with Gasteiger partial charge < -0.3 is 4.90 Å². The van der Waals surface area contributed by atoms with Gasteiger partial charge in [-0.3, -0.25) is 19.3 Å². The van der Waals surface area contributed by atoms with Crippen LogP contribution in [0.15, 0.2) is 0 Å². The van der Waals surface area contributed by atoms with Crippen LogP contribution in [0.3, 0.4) is 0 Å². The van der Waals surface area contributed by atoms with E-state index in [0.717, 1.165) is 4.90 Å². The number of rotatable bonds is 4. The van der Waals surface area contributed by atoms with Crippen molar-refractivity contribution in [3.8, 4) is 6.07 Å². The van der Waals surface area contributed by atoms with Gasteiger partial charge in [-0.2, -0.15) is 5.26 Å². The van der Waals surface area contributed by atoms with Crippen LogP contribution in [0.4, 0.5) is 0 Å². The van der Waals surface area contributed by atoms with E-state index >= 15 is 0 Å². The van der Waals surface area contributed by atoms with Crippen molar-refractivity contribution >= 4 is 17.7 Å². The number of carbonyl (C=O) groups excluding carboxylic acids is 3. The Morgan fingerprint density at radius 2 is 2.00 bits per heavy atom. The van der Waals surface area contributed by atoms with Gasteiger partial charge in [-0.1, -0.05) is 0 Å². The predicted octanol–water partition coefficient (Wildman–Crippen LogP) is -0.102. The van der Waals surface area contributed by atoms with Crippen molar-refractivity contribution in [1.82, 2.24) is 9.80 Å². The molecule has 17 heavy (non-hydrogen) atoms. The summed E-state index contributed by atoms with van der Waals surface area (Å²) in [7, 11) is 1.55. The molecule has 1 rings (SSSR count). The second-order valence-electron chi connectivity index (χ2n) is 3.95. The Morgan fingerprint density at radius 3 is 2.53 bits per heavy atom. The average molecular weight is 237 g/mol. The molecule has 0 bridgehead atoms. The molecule has 1 fully saturated rings. The zero-order valence-electron chi connectivity index (χ0n) is 9.81. The van der Waals surface area contributed by atoms with Crippen LogP contribution in [-0.4, -0.2) is 47.7 Å². The lowest BCUT2D eigenvalue weighted by Crippen LogP contribution is -2.46. The molecular formula is C11H15N3O3. The molecule has 0 unspecified atom stereocenters. The summed E-state index contributed by atoms with van der Waals surface area (Å²) in [5.74, 6) is -0.893. The highest BCUT2D eigenvalue weighted by Gasteiger charge is 2.28. The quantitative estimate of drug-likeness (QED) is 0.639. The molecule has 3 amide bonds. The molecule has 0 saturated carbocycles. The Morgan fingerprint density at radius 1 is 1.41 bits per heavy atom. The number of imide groups is 1. The van der Waals surface area contributed by atoms with Crippen molar-refractivity contribution in [3.05, 3.63) is 0 Å². The van der Waals surface area contributed by atoms with Crippen LogP contribution in [0, 0.1) is 11.3 Å². The summed E-state index contributed by atoms with van der Waals surface area (Å²) in [5, 5.41) is 8.40. The average Bonchev–Trinajstić information content (AvgIpc) is 2.30. The van der Waals surface area contributed by atoms with E-state index < -0.39 is 0 Å². The molecule has 0 atom stereocenters. The Labute approximate surface area is 99.8 Å². The minimum Gasteiger partial charge on any atom is -0.343 e. The van der Waals surface area contributed by atoms with Gasteiger partial charge >= 0.3 is 0 Å². The first-order chi connectivity index (χ1) is 8.06. The first kappa shape index (κ1) is 13.2. The van der Waals surface area contributed by atoms with Crippen LogP contribution < -0.4 is 0 Å². The van der Waals surface area contributed by atoms with Crippen molar-refractivity contribution < 1.29 is 14.4 Å². The third-order valence-corrected chi connectivity index (χ3v) is 2.66. The monoisotopic (exact) mass is 237 g/mol. The maximum atomic E-state index is 11.7. The van der Waals surface area contributed by atoms with Crippen molar-refractivity contribution in [2.45, 2.75) is 25.7 Å². The molecule has 0 spiro atoms. The van der Waals surface area contributed by atoms with E-state index in [0.29, 0.717) is 25.8 Å². The van der Waals surface area contributed by atoms with Crippen molar-refractivity contribution in [2.24, 2.45) is 0 Å². The second-order valence-corrected chi connectivity index (χ2v) is 3.95. The SMILES string of the molecule is CN(CCC#N)C(=O)CN1C(=O)CCCC1=O. The van der Waals surface area contributed by atoms with Gasteiger partial charge in [0.05, 0.1) is 12.5 Å². The third-order valence-electron chi connectivity index (χ3n) is 2.66. The standard InChI is InChI=1S/C11H15N3O3/c1-13(7-3-6-12)11(17)8-14-9(15)4-2-5-10(14)16/h2-5,7-8H2,1H3. The molecule has 0 aliphatic carbocycles. The molecule has 0 aromatic carbocycles. The second kappa shape index (κ2) is 5.99. The molecule has 0 aromatic heterocycles. The minimum atomic E-state index is -0.316. The first-order valence-electron chi connectivity index (χ1n) is 5.50. The first-order valence-corrected chi connectivity index (χ1v) is 5.50. The van der Waals surface area contributed by atoms with Crippen molar-refractivity contribution in [3.63, 3.8) is 0 Å². The van der Waals surface area contributed by atoms with Gasteiger partial charge in [0.1, 0.15) is 6.54 Å². The summed E-state index contributed by atoms with van der Waals surface area (Å²) in [6.07, 6.45) is 1.44. The summed E-state index contributed by atoms with van der Waals surface area (Å²) in [4.78, 5) is 37.0. The number of carbonyl (C=O) groups is 3. The molecule has 0 radical (unpaired) electrons. The smallest absolute Gasteiger partial charge is 0.242 e. The topological polar surface area (TPSA) is 81.5 Å². The van der Waals surface area contributed by atoms with Crippen LogP contribution in [0.25, 0.3) is 0 Å². The van der Waals surface area contributed by atoms with Crippen LogP contribution >= 0.6 is 0 Å². The zero-order valence-corrected chi connectivity index (χ0v) is 9.81. The lowest BCUT2D eigenvalue weighted by Gasteiger charge is -2.26. The molecule has 6 nitrogen and oxygen atoms in total. The number of hydrogen-bond donors (Lipinski definition) is 0. The van der Waals surface area contributed by atoms with Crippen LogP contribution in [-0.2, 0) is 14.4 Å². The highest BCUT2D eigenvalue weighted by Crippen LogP contribution is 2.12. The maximum absolute atomic E-state index is 11.7. The fourth-order valence-electron chi connectivity index (χ4n) is 1.57. The number of likely N-dealkylation sites (N-methyl/N-ethyl adjacent to an activating group) is 1. The van der Waals surface area contributed by atoms with Gasteiger partial charge in [0, 0.05) is 26.4 Å². The van der Waals surface area contributed by atoms with Crippen molar-refractivity contribution in [1.29, 1.82) is 5.26 Å². The van der Waals surface area contributed by atoms with E-state index in [1.807, 2.05) is 6.07 Å². The predicted molar refractivity (Wildman–Crippen MR) is 58.4 cm³/mol. The molecule has 6 heteroatoms. The lowest BCUT2D eigenvalue weighted by atomic mass is 10.1. The Kier molecular flexibility index (Phi) is 4.64. The number of nitriles is 1. The molecule has 1 heterocycles. The lowest BCUT2D eigenvalue weighted by molar-refractivity contribution is -0.152. The summed E-state index contributed by atoms with van der Waals surface area (Å²) in [6, 6.07) is 1.93. The molecule has 0 aromatic rings. The maximum Gasteiger partial charge on any atom is 0.242 e.